The highest BCUT2D eigenvalue weighted by Crippen LogP contribution is 2.05. The Morgan fingerprint density at radius 2 is 1.77 bits per heavy atom. The number of nitrogens with one attached hydrogen (secondary N) is 1. The molecule has 0 atom stereocenters. The van der Waals surface area contributed by atoms with E-state index in [1.807, 2.05) is 0 Å². The fourth-order valence-electron chi connectivity index (χ4n) is 1.09. The maximum Gasteiger partial charge on any atom is 0.231 e. The van der Waals surface area contributed by atoms with E-state index < -0.39 is 0 Å². The van der Waals surface area contributed by atoms with Crippen molar-refractivity contribution in [3.8, 4) is 0 Å². The molecule has 1 aromatic rings. The molecule has 70 valence electrons. The van der Waals surface area contributed by atoms with Gasteiger partial charge in [0.25, 0.3) is 0 Å². The van der Waals surface area contributed by atoms with Crippen LogP contribution in [0.2, 0.25) is 0 Å². The normalized spacial score (nSPS) is 8.54. The maximum atomic E-state index is 8.35. The first-order valence-electron chi connectivity index (χ1n) is 4.28. The molecule has 0 aliphatic heterocycles. The van der Waals surface area contributed by atoms with Crippen molar-refractivity contribution in [3.05, 3.63) is 35.9 Å². The van der Waals surface area contributed by atoms with Crippen LogP contribution >= 0.6 is 0 Å². The lowest BCUT2D eigenvalue weighted by Gasteiger charge is -2.02. The summed E-state index contributed by atoms with van der Waals surface area (Å²) in [5.74, 6) is 0.766. The van der Waals surface area contributed by atoms with Crippen LogP contribution in [0.3, 0.4) is 0 Å². The van der Waals surface area contributed by atoms with E-state index in [2.05, 4.69) is 44.2 Å². The molecule has 0 unspecified atom stereocenters. The highest BCUT2D eigenvalue weighted by molar-refractivity contribution is 5.26. The third-order valence-electron chi connectivity index (χ3n) is 1.49. The van der Waals surface area contributed by atoms with Gasteiger partial charge in [-0.05, 0) is 17.9 Å². The van der Waals surface area contributed by atoms with Crippen molar-refractivity contribution < 1.29 is 4.79 Å². The number of isocyanates is 1. The van der Waals surface area contributed by atoms with Crippen LogP contribution in [0.25, 0.3) is 0 Å². The first kappa shape index (κ1) is 11.6. The molecule has 0 saturated heterocycles. The second-order valence-electron chi connectivity index (χ2n) is 3.19. The Morgan fingerprint density at radius 3 is 2.15 bits per heavy atom. The van der Waals surface area contributed by atoms with E-state index >= 15 is 0 Å². The van der Waals surface area contributed by atoms with Crippen molar-refractivity contribution in [2.24, 2.45) is 5.92 Å². The summed E-state index contributed by atoms with van der Waals surface area (Å²) in [4.78, 5) is 8.35. The van der Waals surface area contributed by atoms with Gasteiger partial charge in [0, 0.05) is 0 Å². The summed E-state index contributed by atoms with van der Waals surface area (Å²) in [6.45, 7) is 4.49. The quantitative estimate of drug-likeness (QED) is 0.547. The lowest BCUT2D eigenvalue weighted by atomic mass is 10.0. The SMILES string of the molecule is CC(C)Cc1ccccc1.N=C=O. The van der Waals surface area contributed by atoms with E-state index in [0.29, 0.717) is 0 Å². The van der Waals surface area contributed by atoms with Gasteiger partial charge in [0.15, 0.2) is 0 Å². The number of hydrogen-bond acceptors (Lipinski definition) is 2. The Balaban J connectivity index is 0.000000424. The van der Waals surface area contributed by atoms with E-state index in [1.54, 1.807) is 0 Å². The van der Waals surface area contributed by atoms with Crippen LogP contribution in [0.1, 0.15) is 19.4 Å². The van der Waals surface area contributed by atoms with Crippen LogP contribution < -0.4 is 0 Å². The zero-order chi connectivity index (χ0) is 10.1. The van der Waals surface area contributed by atoms with Gasteiger partial charge in [-0.1, -0.05) is 44.2 Å². The summed E-state index contributed by atoms with van der Waals surface area (Å²) in [5, 5.41) is 5.40. The van der Waals surface area contributed by atoms with Crippen LogP contribution in [-0.2, 0) is 11.2 Å². The topological polar surface area (TPSA) is 40.9 Å². The molecule has 0 aromatic heterocycles. The second-order valence-corrected chi connectivity index (χ2v) is 3.19. The standard InChI is InChI=1S/C10H14.CHNO/c1-9(2)8-10-6-4-3-5-7-10;2-1-3/h3-7,9H,8H2,1-2H3;2H. The van der Waals surface area contributed by atoms with Crippen molar-refractivity contribution in [3.63, 3.8) is 0 Å². The Kier molecular flexibility index (Phi) is 6.48. The molecule has 0 radical (unpaired) electrons. The number of hydrogen-bond donors (Lipinski definition) is 1. The van der Waals surface area contributed by atoms with E-state index in [0.717, 1.165) is 12.0 Å². The zero-order valence-electron chi connectivity index (χ0n) is 8.08. The minimum Gasteiger partial charge on any atom is -0.222 e. The average Bonchev–Trinajstić information content (AvgIpc) is 2.06. The molecule has 1 aromatic carbocycles. The molecule has 0 bridgehead atoms. The molecule has 0 spiro atoms. The van der Waals surface area contributed by atoms with Gasteiger partial charge < -0.3 is 0 Å². The molecule has 0 amide bonds. The number of rotatable bonds is 2. The molecule has 1 rings (SSSR count). The summed E-state index contributed by atoms with van der Waals surface area (Å²) in [5.41, 5.74) is 1.44. The van der Waals surface area contributed by atoms with Crippen LogP contribution in [0.5, 0.6) is 0 Å². The lowest BCUT2D eigenvalue weighted by Crippen LogP contribution is -1.92. The van der Waals surface area contributed by atoms with Gasteiger partial charge in [0.1, 0.15) is 0 Å². The predicted molar refractivity (Wildman–Crippen MR) is 53.4 cm³/mol. The second kappa shape index (κ2) is 7.26. The Hall–Kier alpha value is -1.40. The predicted octanol–water partition coefficient (Wildman–Crippen LogP) is 2.79. The van der Waals surface area contributed by atoms with Crippen LogP contribution in [0.15, 0.2) is 30.3 Å². The maximum absolute atomic E-state index is 8.35. The van der Waals surface area contributed by atoms with Gasteiger partial charge in [-0.2, -0.15) is 0 Å². The number of benzene rings is 1. The van der Waals surface area contributed by atoms with Crippen LogP contribution in [0, 0.1) is 11.3 Å². The highest BCUT2D eigenvalue weighted by atomic mass is 16.1. The summed E-state index contributed by atoms with van der Waals surface area (Å²) in [7, 11) is 0. The van der Waals surface area contributed by atoms with E-state index in [9.17, 15) is 0 Å². The molecule has 1 N–H and O–H groups in total. The average molecular weight is 177 g/mol. The molecule has 0 fully saturated rings. The molecule has 0 saturated carbocycles. The fourth-order valence-corrected chi connectivity index (χ4v) is 1.09. The monoisotopic (exact) mass is 177 g/mol. The minimum atomic E-state index is 0.750. The van der Waals surface area contributed by atoms with E-state index in [1.165, 1.54) is 12.0 Å². The molecule has 0 aliphatic rings. The third kappa shape index (κ3) is 6.98. The van der Waals surface area contributed by atoms with Gasteiger partial charge in [0.05, 0.1) is 0 Å². The zero-order valence-corrected chi connectivity index (χ0v) is 8.08. The molecule has 2 heteroatoms. The Labute approximate surface area is 79.1 Å². The molecular weight excluding hydrogens is 162 g/mol. The Morgan fingerprint density at radius 1 is 1.31 bits per heavy atom. The van der Waals surface area contributed by atoms with Crippen molar-refractivity contribution in [1.29, 1.82) is 5.41 Å². The summed E-state index contributed by atoms with van der Waals surface area (Å²) < 4.78 is 0. The van der Waals surface area contributed by atoms with E-state index in [-0.39, 0.29) is 0 Å². The molecule has 2 nitrogen and oxygen atoms in total. The minimum absolute atomic E-state index is 0.750. The van der Waals surface area contributed by atoms with Gasteiger partial charge in [-0.3, -0.25) is 0 Å². The van der Waals surface area contributed by atoms with Crippen molar-refractivity contribution in [2.45, 2.75) is 20.3 Å². The van der Waals surface area contributed by atoms with Gasteiger partial charge in [0.2, 0.25) is 6.08 Å². The molecule has 0 heterocycles. The highest BCUT2D eigenvalue weighted by Gasteiger charge is 1.94. The van der Waals surface area contributed by atoms with Crippen LogP contribution in [0.4, 0.5) is 0 Å². The van der Waals surface area contributed by atoms with Crippen molar-refractivity contribution in [2.75, 3.05) is 0 Å². The summed E-state index contributed by atoms with van der Waals surface area (Å²) in [6, 6.07) is 10.6. The van der Waals surface area contributed by atoms with E-state index in [4.69, 9.17) is 10.2 Å². The largest absolute Gasteiger partial charge is 0.231 e. The third-order valence-corrected chi connectivity index (χ3v) is 1.49. The van der Waals surface area contributed by atoms with Crippen molar-refractivity contribution >= 4 is 6.08 Å². The first-order chi connectivity index (χ1) is 6.20. The molecule has 0 aliphatic carbocycles. The van der Waals surface area contributed by atoms with Gasteiger partial charge in [-0.15, -0.1) is 0 Å². The molecular formula is C11H15NO. The summed E-state index contributed by atoms with van der Waals surface area (Å²) >= 11 is 0. The van der Waals surface area contributed by atoms with Crippen LogP contribution in [-0.4, -0.2) is 6.08 Å². The summed E-state index contributed by atoms with van der Waals surface area (Å²) in [6.07, 6.45) is 1.95. The van der Waals surface area contributed by atoms with Gasteiger partial charge >= 0.3 is 0 Å². The van der Waals surface area contributed by atoms with Crippen molar-refractivity contribution in [1.82, 2.24) is 0 Å². The Bertz CT molecular complexity index is 248. The molecule has 13 heavy (non-hydrogen) atoms. The lowest BCUT2D eigenvalue weighted by molar-refractivity contribution is 0.563. The smallest absolute Gasteiger partial charge is 0.222 e. The van der Waals surface area contributed by atoms with Gasteiger partial charge in [-0.25, -0.2) is 10.2 Å². The fraction of sp³-hybridized carbons (Fsp3) is 0.364. The number of carbonyl (C=O) groups excluding carboxylic acids is 1. The first-order valence-corrected chi connectivity index (χ1v) is 4.28.